The van der Waals surface area contributed by atoms with E-state index in [4.69, 9.17) is 8.92 Å². The maximum atomic E-state index is 11.6. The summed E-state index contributed by atoms with van der Waals surface area (Å²) < 4.78 is 34.4. The molecule has 2 heterocycles. The van der Waals surface area contributed by atoms with E-state index in [0.29, 0.717) is 5.17 Å². The summed E-state index contributed by atoms with van der Waals surface area (Å²) in [4.78, 5) is 4.20. The first-order valence-electron chi connectivity index (χ1n) is 6.27. The molecule has 2 rings (SSSR count). The summed E-state index contributed by atoms with van der Waals surface area (Å²) in [5, 5.41) is 23.5. The van der Waals surface area contributed by atoms with Crippen molar-refractivity contribution in [1.29, 1.82) is 0 Å². The third kappa shape index (κ3) is 3.50. The number of fused-ring (bicyclic) bond motifs is 1. The zero-order chi connectivity index (χ0) is 15.8. The zero-order valence-corrected chi connectivity index (χ0v) is 13.5. The molecule has 1 fully saturated rings. The van der Waals surface area contributed by atoms with Crippen molar-refractivity contribution >= 4 is 27.2 Å². The average molecular weight is 341 g/mol. The van der Waals surface area contributed by atoms with E-state index in [1.807, 2.05) is 0 Å². The van der Waals surface area contributed by atoms with Crippen LogP contribution in [0.15, 0.2) is 4.99 Å². The number of aliphatic hydroxyl groups is 2. The van der Waals surface area contributed by atoms with Crippen LogP contribution in [0, 0.1) is 0 Å². The molecular formula is C10H19N3O6S2. The molecule has 0 spiro atoms. The standard InChI is InChI=1S/C10H19N3O6S2/c1-11-10-12-6-8(15)7(14)5(19-9(6)20-10)4-18-21(16,17)13(2)3/h5-9,14-15H,4H2,1-3H3,(H,11,12)/t5-,6+,7-,8-,9+/m1/s1. The highest BCUT2D eigenvalue weighted by molar-refractivity contribution is 8.14. The van der Waals surface area contributed by atoms with Gasteiger partial charge in [0.2, 0.25) is 0 Å². The number of thioether (sulfide) groups is 1. The molecule has 0 saturated carbocycles. The third-order valence-electron chi connectivity index (χ3n) is 3.20. The number of ether oxygens (including phenoxy) is 1. The molecule has 9 nitrogen and oxygen atoms in total. The molecule has 1 saturated heterocycles. The van der Waals surface area contributed by atoms with E-state index in [1.165, 1.54) is 25.9 Å². The number of aliphatic imine (C=N–C) groups is 1. The molecule has 5 atom stereocenters. The predicted molar refractivity (Wildman–Crippen MR) is 77.1 cm³/mol. The Morgan fingerprint density at radius 3 is 2.67 bits per heavy atom. The molecule has 3 N–H and O–H groups in total. The van der Waals surface area contributed by atoms with Gasteiger partial charge in [0, 0.05) is 21.1 Å². The third-order valence-corrected chi connectivity index (χ3v) is 5.69. The Hall–Kier alpha value is -0.430. The molecule has 0 aliphatic carbocycles. The van der Waals surface area contributed by atoms with Crippen molar-refractivity contribution in [2.45, 2.75) is 29.8 Å². The van der Waals surface area contributed by atoms with Crippen LogP contribution in [0.3, 0.4) is 0 Å². The molecule has 0 aromatic heterocycles. The summed E-state index contributed by atoms with van der Waals surface area (Å²) in [7, 11) is 0.491. The van der Waals surface area contributed by atoms with Gasteiger partial charge in [-0.25, -0.2) is 0 Å². The lowest BCUT2D eigenvalue weighted by atomic mass is 9.99. The Kier molecular flexibility index (Phi) is 5.13. The van der Waals surface area contributed by atoms with E-state index >= 15 is 0 Å². The van der Waals surface area contributed by atoms with Gasteiger partial charge in [0.15, 0.2) is 5.17 Å². The van der Waals surface area contributed by atoms with Crippen LogP contribution in [0.4, 0.5) is 0 Å². The van der Waals surface area contributed by atoms with Gasteiger partial charge in [0.1, 0.15) is 29.8 Å². The number of nitrogens with one attached hydrogen (secondary N) is 1. The molecule has 0 aromatic rings. The molecule has 0 aromatic carbocycles. The monoisotopic (exact) mass is 341 g/mol. The van der Waals surface area contributed by atoms with Crippen molar-refractivity contribution in [2.24, 2.45) is 4.99 Å². The first kappa shape index (κ1) is 16.9. The fourth-order valence-electron chi connectivity index (χ4n) is 1.95. The molecule has 0 unspecified atom stereocenters. The normalized spacial score (nSPS) is 36.5. The van der Waals surface area contributed by atoms with E-state index in [-0.39, 0.29) is 6.61 Å². The van der Waals surface area contributed by atoms with E-state index < -0.39 is 40.1 Å². The fraction of sp³-hybridized carbons (Fsp3) is 0.900. The quantitative estimate of drug-likeness (QED) is 0.534. The lowest BCUT2D eigenvalue weighted by molar-refractivity contribution is -0.161. The van der Waals surface area contributed by atoms with Gasteiger partial charge in [-0.3, -0.25) is 9.18 Å². The predicted octanol–water partition coefficient (Wildman–Crippen LogP) is -2.05. The van der Waals surface area contributed by atoms with Crippen LogP contribution in [0.25, 0.3) is 0 Å². The summed E-state index contributed by atoms with van der Waals surface area (Å²) in [6.07, 6.45) is -3.36. The molecule has 122 valence electrons. The van der Waals surface area contributed by atoms with Gasteiger partial charge >= 0.3 is 10.3 Å². The topological polar surface area (TPSA) is 121 Å². The fourth-order valence-corrected chi connectivity index (χ4v) is 3.54. The van der Waals surface area contributed by atoms with Crippen molar-refractivity contribution < 1.29 is 27.6 Å². The zero-order valence-electron chi connectivity index (χ0n) is 11.8. The van der Waals surface area contributed by atoms with Crippen LogP contribution in [0.1, 0.15) is 0 Å². The molecule has 21 heavy (non-hydrogen) atoms. The van der Waals surface area contributed by atoms with Crippen LogP contribution >= 0.6 is 11.8 Å². The maximum Gasteiger partial charge on any atom is 0.337 e. The van der Waals surface area contributed by atoms with Crippen molar-refractivity contribution in [3.8, 4) is 0 Å². The number of aliphatic hydroxyl groups excluding tert-OH is 2. The van der Waals surface area contributed by atoms with Crippen molar-refractivity contribution in [3.63, 3.8) is 0 Å². The summed E-state index contributed by atoms with van der Waals surface area (Å²) in [6.45, 7) is -0.378. The second-order valence-electron chi connectivity index (χ2n) is 4.84. The number of hydrogen-bond donors (Lipinski definition) is 3. The Balaban J connectivity index is 2.01. The van der Waals surface area contributed by atoms with E-state index in [0.717, 1.165) is 4.31 Å². The second kappa shape index (κ2) is 6.36. The Morgan fingerprint density at radius 1 is 1.43 bits per heavy atom. The second-order valence-corrected chi connectivity index (χ2v) is 7.75. The number of rotatable bonds is 4. The molecule has 2 aliphatic rings. The molecule has 0 amide bonds. The summed E-state index contributed by atoms with van der Waals surface area (Å²) >= 11 is 1.27. The number of amidine groups is 1. The van der Waals surface area contributed by atoms with Crippen molar-refractivity contribution in [3.05, 3.63) is 0 Å². The van der Waals surface area contributed by atoms with E-state index in [2.05, 4.69) is 10.3 Å². The first-order chi connectivity index (χ1) is 9.76. The Morgan fingerprint density at radius 2 is 2.10 bits per heavy atom. The van der Waals surface area contributed by atoms with Gasteiger partial charge < -0.3 is 20.3 Å². The maximum absolute atomic E-state index is 11.6. The minimum atomic E-state index is -3.86. The van der Waals surface area contributed by atoms with Crippen LogP contribution in [0.5, 0.6) is 0 Å². The van der Waals surface area contributed by atoms with Crippen LogP contribution in [-0.4, -0.2) is 85.6 Å². The van der Waals surface area contributed by atoms with E-state index in [1.54, 1.807) is 7.05 Å². The van der Waals surface area contributed by atoms with Gasteiger partial charge in [-0.15, -0.1) is 0 Å². The van der Waals surface area contributed by atoms with Crippen LogP contribution in [0.2, 0.25) is 0 Å². The van der Waals surface area contributed by atoms with Gasteiger partial charge in [0.25, 0.3) is 0 Å². The molecular weight excluding hydrogens is 322 g/mol. The van der Waals surface area contributed by atoms with Crippen molar-refractivity contribution in [2.75, 3.05) is 27.7 Å². The Labute approximate surface area is 127 Å². The van der Waals surface area contributed by atoms with Crippen LogP contribution < -0.4 is 5.32 Å². The van der Waals surface area contributed by atoms with Gasteiger partial charge in [0.05, 0.1) is 6.61 Å². The number of nitrogens with zero attached hydrogens (tertiary/aromatic N) is 2. The highest BCUT2D eigenvalue weighted by Gasteiger charge is 2.48. The van der Waals surface area contributed by atoms with Crippen LogP contribution in [-0.2, 0) is 19.2 Å². The SMILES string of the molecule is CNC1=N[C@H]2[C@@H](O)[C@H](O)[C@@H](COS(=O)(=O)N(C)C)O[C@H]2S1. The molecule has 11 heteroatoms. The first-order valence-corrected chi connectivity index (χ1v) is 8.51. The largest absolute Gasteiger partial charge is 0.388 e. The summed E-state index contributed by atoms with van der Waals surface area (Å²) in [5.41, 5.74) is -0.485. The van der Waals surface area contributed by atoms with Gasteiger partial charge in [-0.1, -0.05) is 11.8 Å². The molecule has 2 aliphatic heterocycles. The molecule has 0 radical (unpaired) electrons. The minimum absolute atomic E-state index is 0.378. The summed E-state index contributed by atoms with van der Waals surface area (Å²) in [6, 6.07) is -0.589. The van der Waals surface area contributed by atoms with Crippen molar-refractivity contribution in [1.82, 2.24) is 9.62 Å². The van der Waals surface area contributed by atoms with Gasteiger partial charge in [-0.05, 0) is 0 Å². The smallest absolute Gasteiger partial charge is 0.337 e. The lowest BCUT2D eigenvalue weighted by Gasteiger charge is -2.37. The highest BCUT2D eigenvalue weighted by atomic mass is 32.2. The Bertz CT molecular complexity index is 511. The number of hydrogen-bond acceptors (Lipinski definition) is 9. The summed E-state index contributed by atoms with van der Waals surface area (Å²) in [5.74, 6) is 0. The molecule has 0 bridgehead atoms. The van der Waals surface area contributed by atoms with Gasteiger partial charge in [-0.2, -0.15) is 12.7 Å². The minimum Gasteiger partial charge on any atom is -0.388 e. The van der Waals surface area contributed by atoms with E-state index in [9.17, 15) is 18.6 Å². The highest BCUT2D eigenvalue weighted by Crippen LogP contribution is 2.35. The average Bonchev–Trinajstić information content (AvgIpc) is 2.84. The lowest BCUT2D eigenvalue weighted by Crippen LogP contribution is -2.56.